The summed E-state index contributed by atoms with van der Waals surface area (Å²) >= 11 is 1.29. The van der Waals surface area contributed by atoms with Crippen LogP contribution in [0.3, 0.4) is 0 Å². The molecule has 1 atom stereocenters. The van der Waals surface area contributed by atoms with E-state index in [2.05, 4.69) is 10.3 Å². The predicted molar refractivity (Wildman–Crippen MR) is 85.5 cm³/mol. The molecule has 1 aromatic carbocycles. The van der Waals surface area contributed by atoms with E-state index in [4.69, 9.17) is 0 Å². The van der Waals surface area contributed by atoms with Crippen molar-refractivity contribution in [1.29, 1.82) is 0 Å². The summed E-state index contributed by atoms with van der Waals surface area (Å²) < 4.78 is 27.9. The highest BCUT2D eigenvalue weighted by atomic mass is 32.2. The molecule has 7 heteroatoms. The van der Waals surface area contributed by atoms with Gasteiger partial charge in [-0.1, -0.05) is 17.8 Å². The van der Waals surface area contributed by atoms with Crippen molar-refractivity contribution in [3.8, 4) is 0 Å². The molecule has 1 amide bonds. The van der Waals surface area contributed by atoms with Gasteiger partial charge in [-0.25, -0.2) is 13.8 Å². The van der Waals surface area contributed by atoms with Crippen LogP contribution in [0.25, 0.3) is 5.52 Å². The summed E-state index contributed by atoms with van der Waals surface area (Å²) in [6, 6.07) is 8.96. The first-order valence-electron chi connectivity index (χ1n) is 6.89. The fourth-order valence-corrected chi connectivity index (χ4v) is 2.91. The number of thioether (sulfide) groups is 1. The number of halogens is 2. The first kappa shape index (κ1) is 15.5. The zero-order valence-electron chi connectivity index (χ0n) is 12.2. The van der Waals surface area contributed by atoms with Crippen molar-refractivity contribution in [2.24, 2.45) is 0 Å². The maximum Gasteiger partial charge on any atom is 0.237 e. The van der Waals surface area contributed by atoms with Gasteiger partial charge in [0.15, 0.2) is 16.8 Å². The average molecular weight is 333 g/mol. The Morgan fingerprint density at radius 3 is 2.87 bits per heavy atom. The normalized spacial score (nSPS) is 12.3. The van der Waals surface area contributed by atoms with Gasteiger partial charge >= 0.3 is 0 Å². The van der Waals surface area contributed by atoms with E-state index >= 15 is 0 Å². The second-order valence-electron chi connectivity index (χ2n) is 4.91. The van der Waals surface area contributed by atoms with E-state index in [1.54, 1.807) is 13.1 Å². The van der Waals surface area contributed by atoms with E-state index in [0.29, 0.717) is 5.16 Å². The third kappa shape index (κ3) is 3.34. The minimum absolute atomic E-state index is 0.217. The highest BCUT2D eigenvalue weighted by Crippen LogP contribution is 2.24. The number of pyridine rings is 1. The van der Waals surface area contributed by atoms with Gasteiger partial charge in [0, 0.05) is 18.0 Å². The highest BCUT2D eigenvalue weighted by Gasteiger charge is 2.17. The molecular weight excluding hydrogens is 320 g/mol. The van der Waals surface area contributed by atoms with Crippen molar-refractivity contribution < 1.29 is 13.6 Å². The van der Waals surface area contributed by atoms with E-state index in [-0.39, 0.29) is 11.6 Å². The van der Waals surface area contributed by atoms with Crippen LogP contribution < -0.4 is 5.32 Å². The van der Waals surface area contributed by atoms with E-state index in [1.807, 2.05) is 28.8 Å². The quantitative estimate of drug-likeness (QED) is 0.740. The zero-order valence-corrected chi connectivity index (χ0v) is 13.0. The van der Waals surface area contributed by atoms with Crippen LogP contribution in [0.15, 0.2) is 53.9 Å². The fourth-order valence-electron chi connectivity index (χ4n) is 2.04. The number of carbonyl (C=O) groups excluding carboxylic acids is 1. The van der Waals surface area contributed by atoms with Crippen LogP contribution in [0, 0.1) is 11.6 Å². The lowest BCUT2D eigenvalue weighted by Crippen LogP contribution is -2.22. The van der Waals surface area contributed by atoms with Gasteiger partial charge in [0.1, 0.15) is 0 Å². The van der Waals surface area contributed by atoms with Gasteiger partial charge in [0.05, 0.1) is 17.0 Å². The SMILES string of the molecule is CC(Sc1ncc2ccccn12)C(=O)Nc1ccc(F)c(F)c1. The Balaban J connectivity index is 1.71. The number of hydrogen-bond acceptors (Lipinski definition) is 3. The summed E-state index contributed by atoms with van der Waals surface area (Å²) in [5.74, 6) is -2.26. The number of benzene rings is 1. The van der Waals surface area contributed by atoms with Gasteiger partial charge in [-0.15, -0.1) is 0 Å². The molecule has 0 fully saturated rings. The largest absolute Gasteiger partial charge is 0.325 e. The Morgan fingerprint density at radius 2 is 2.09 bits per heavy atom. The molecule has 1 unspecified atom stereocenters. The standard InChI is InChI=1S/C16H13F2N3OS/c1-10(15(22)20-11-5-6-13(17)14(18)8-11)23-16-19-9-12-4-2-3-7-21(12)16/h2-10H,1H3,(H,20,22). The van der Waals surface area contributed by atoms with Gasteiger partial charge < -0.3 is 5.32 Å². The molecule has 23 heavy (non-hydrogen) atoms. The molecule has 4 nitrogen and oxygen atoms in total. The molecule has 0 spiro atoms. The van der Waals surface area contributed by atoms with Gasteiger partial charge in [-0.05, 0) is 31.2 Å². The number of rotatable bonds is 4. The summed E-state index contributed by atoms with van der Waals surface area (Å²) in [5, 5.41) is 2.81. The molecule has 0 saturated heterocycles. The molecule has 1 N–H and O–H groups in total. The number of nitrogens with one attached hydrogen (secondary N) is 1. The lowest BCUT2D eigenvalue weighted by atomic mass is 10.3. The fraction of sp³-hybridized carbons (Fsp3) is 0.125. The molecular formula is C16H13F2N3OS. The number of aromatic nitrogens is 2. The van der Waals surface area contributed by atoms with Gasteiger partial charge in [0.2, 0.25) is 5.91 Å². The van der Waals surface area contributed by atoms with E-state index in [1.165, 1.54) is 17.8 Å². The maximum absolute atomic E-state index is 13.2. The molecule has 0 aliphatic carbocycles. The predicted octanol–water partition coefficient (Wildman–Crippen LogP) is 3.73. The molecule has 118 valence electrons. The van der Waals surface area contributed by atoms with Crippen LogP contribution in [-0.2, 0) is 4.79 Å². The van der Waals surface area contributed by atoms with E-state index in [0.717, 1.165) is 17.6 Å². The number of fused-ring (bicyclic) bond motifs is 1. The number of amides is 1. The second kappa shape index (κ2) is 6.37. The number of imidazole rings is 1. The van der Waals surface area contributed by atoms with E-state index in [9.17, 15) is 13.6 Å². The first-order valence-corrected chi connectivity index (χ1v) is 7.77. The van der Waals surface area contributed by atoms with Gasteiger partial charge in [-0.2, -0.15) is 0 Å². The Morgan fingerprint density at radius 1 is 1.26 bits per heavy atom. The Kier molecular flexibility index (Phi) is 4.29. The lowest BCUT2D eigenvalue weighted by molar-refractivity contribution is -0.115. The second-order valence-corrected chi connectivity index (χ2v) is 6.22. The third-order valence-electron chi connectivity index (χ3n) is 3.24. The number of carbonyl (C=O) groups is 1. The summed E-state index contributed by atoms with van der Waals surface area (Å²) in [6.45, 7) is 1.73. The highest BCUT2D eigenvalue weighted by molar-refractivity contribution is 8.00. The van der Waals surface area contributed by atoms with Crippen molar-refractivity contribution in [1.82, 2.24) is 9.38 Å². The minimum Gasteiger partial charge on any atom is -0.325 e. The van der Waals surface area contributed by atoms with Crippen LogP contribution in [0.1, 0.15) is 6.92 Å². The summed E-state index contributed by atoms with van der Waals surface area (Å²) in [5.41, 5.74) is 1.15. The van der Waals surface area contributed by atoms with E-state index < -0.39 is 16.9 Å². The first-order chi connectivity index (χ1) is 11.0. The molecule has 0 radical (unpaired) electrons. The summed E-state index contributed by atoms with van der Waals surface area (Å²) in [6.07, 6.45) is 3.59. The van der Waals surface area contributed by atoms with Crippen LogP contribution in [-0.4, -0.2) is 20.5 Å². The van der Waals surface area contributed by atoms with Crippen molar-refractivity contribution in [3.05, 3.63) is 60.4 Å². The molecule has 0 aliphatic rings. The lowest BCUT2D eigenvalue weighted by Gasteiger charge is -2.11. The van der Waals surface area contributed by atoms with Crippen molar-refractivity contribution in [2.45, 2.75) is 17.3 Å². The Hall–Kier alpha value is -2.41. The van der Waals surface area contributed by atoms with Crippen molar-refractivity contribution >= 4 is 28.9 Å². The van der Waals surface area contributed by atoms with Crippen LogP contribution in [0.5, 0.6) is 0 Å². The van der Waals surface area contributed by atoms with Crippen molar-refractivity contribution in [2.75, 3.05) is 5.32 Å². The molecule has 0 aliphatic heterocycles. The monoisotopic (exact) mass is 333 g/mol. The smallest absolute Gasteiger partial charge is 0.237 e. The molecule has 0 saturated carbocycles. The van der Waals surface area contributed by atoms with Gasteiger partial charge in [0.25, 0.3) is 0 Å². The van der Waals surface area contributed by atoms with Crippen LogP contribution in [0.2, 0.25) is 0 Å². The number of anilines is 1. The number of hydrogen-bond donors (Lipinski definition) is 1. The molecule has 2 heterocycles. The maximum atomic E-state index is 13.2. The van der Waals surface area contributed by atoms with Crippen LogP contribution >= 0.6 is 11.8 Å². The zero-order chi connectivity index (χ0) is 16.4. The number of nitrogens with zero attached hydrogens (tertiary/aromatic N) is 2. The van der Waals surface area contributed by atoms with Gasteiger partial charge in [-0.3, -0.25) is 9.20 Å². The third-order valence-corrected chi connectivity index (χ3v) is 4.32. The molecule has 0 bridgehead atoms. The Labute approximate surface area is 135 Å². The minimum atomic E-state index is -0.998. The molecule has 3 rings (SSSR count). The van der Waals surface area contributed by atoms with Crippen LogP contribution in [0.4, 0.5) is 14.5 Å². The summed E-state index contributed by atoms with van der Waals surface area (Å²) in [7, 11) is 0. The molecule has 3 aromatic rings. The topological polar surface area (TPSA) is 46.4 Å². The summed E-state index contributed by atoms with van der Waals surface area (Å²) in [4.78, 5) is 16.5. The van der Waals surface area contributed by atoms with Crippen molar-refractivity contribution in [3.63, 3.8) is 0 Å². The molecule has 2 aromatic heterocycles. The Bertz CT molecular complexity index is 865. The average Bonchev–Trinajstić information content (AvgIpc) is 2.94.